The van der Waals surface area contributed by atoms with Gasteiger partial charge in [-0.05, 0) is 18.8 Å². The van der Waals surface area contributed by atoms with E-state index in [4.69, 9.17) is 0 Å². The molecule has 0 atom stereocenters. The van der Waals surface area contributed by atoms with Crippen LogP contribution in [-0.4, -0.2) is 51.5 Å². The lowest BCUT2D eigenvalue weighted by Gasteiger charge is -2.31. The summed E-state index contributed by atoms with van der Waals surface area (Å²) in [6.07, 6.45) is 3.14. The monoisotopic (exact) mass is 251 g/mol. The molecule has 7 heteroatoms. The molecule has 1 saturated heterocycles. The van der Waals surface area contributed by atoms with Crippen LogP contribution in [0.1, 0.15) is 30.4 Å². The number of aromatic amines is 1. The molecule has 2 amide bonds. The van der Waals surface area contributed by atoms with E-state index in [-0.39, 0.29) is 17.6 Å². The van der Waals surface area contributed by atoms with Crippen LogP contribution < -0.4 is 5.32 Å². The second-order valence-electron chi connectivity index (χ2n) is 4.51. The van der Waals surface area contributed by atoms with E-state index < -0.39 is 0 Å². The Bertz CT molecular complexity index is 409. The lowest BCUT2D eigenvalue weighted by atomic mass is 9.96. The van der Waals surface area contributed by atoms with E-state index in [1.807, 2.05) is 0 Å². The van der Waals surface area contributed by atoms with Crippen LogP contribution in [0.4, 0.5) is 0 Å². The summed E-state index contributed by atoms with van der Waals surface area (Å²) in [6.45, 7) is 3.61. The maximum absolute atomic E-state index is 12.0. The molecule has 1 aromatic rings. The minimum absolute atomic E-state index is 0.00448. The highest BCUT2D eigenvalue weighted by molar-refractivity contribution is 5.90. The van der Waals surface area contributed by atoms with E-state index in [9.17, 15) is 9.59 Å². The molecule has 2 heterocycles. The van der Waals surface area contributed by atoms with Gasteiger partial charge in [-0.3, -0.25) is 14.7 Å². The molecule has 0 bridgehead atoms. The zero-order chi connectivity index (χ0) is 13.0. The third kappa shape index (κ3) is 3.06. The summed E-state index contributed by atoms with van der Waals surface area (Å²) in [5, 5.41) is 9.06. The van der Waals surface area contributed by atoms with Crippen molar-refractivity contribution in [2.45, 2.75) is 19.8 Å². The van der Waals surface area contributed by atoms with Crippen LogP contribution in [0.2, 0.25) is 0 Å². The number of nitrogens with one attached hydrogen (secondary N) is 2. The van der Waals surface area contributed by atoms with Gasteiger partial charge in [0.25, 0.3) is 5.91 Å². The van der Waals surface area contributed by atoms with Crippen molar-refractivity contribution in [2.75, 3.05) is 19.6 Å². The molecule has 7 nitrogen and oxygen atoms in total. The zero-order valence-corrected chi connectivity index (χ0v) is 10.3. The Morgan fingerprint density at radius 2 is 2.22 bits per heavy atom. The Morgan fingerprint density at radius 3 is 2.78 bits per heavy atom. The second-order valence-corrected chi connectivity index (χ2v) is 4.51. The van der Waals surface area contributed by atoms with Crippen molar-refractivity contribution in [1.82, 2.24) is 25.4 Å². The quantitative estimate of drug-likeness (QED) is 0.778. The molecule has 2 N–H and O–H groups in total. The number of amides is 2. The molecule has 18 heavy (non-hydrogen) atoms. The smallest absolute Gasteiger partial charge is 0.291 e. The summed E-state index contributed by atoms with van der Waals surface area (Å²) >= 11 is 0. The average molecular weight is 251 g/mol. The zero-order valence-electron chi connectivity index (χ0n) is 10.3. The van der Waals surface area contributed by atoms with Gasteiger partial charge < -0.3 is 10.2 Å². The first-order valence-corrected chi connectivity index (χ1v) is 6.06. The molecule has 0 radical (unpaired) electrons. The lowest BCUT2D eigenvalue weighted by molar-refractivity contribution is -0.119. The number of hydrogen-bond acceptors (Lipinski definition) is 4. The number of hydrogen-bond donors (Lipinski definition) is 2. The van der Waals surface area contributed by atoms with Crippen LogP contribution in [-0.2, 0) is 4.79 Å². The second kappa shape index (κ2) is 5.61. The fourth-order valence-electron chi connectivity index (χ4n) is 2.09. The summed E-state index contributed by atoms with van der Waals surface area (Å²) in [5.41, 5.74) is 0. The highest BCUT2D eigenvalue weighted by atomic mass is 16.2. The number of rotatable bonds is 3. The molecule has 0 unspecified atom stereocenters. The van der Waals surface area contributed by atoms with Gasteiger partial charge in [-0.25, -0.2) is 4.98 Å². The van der Waals surface area contributed by atoms with Crippen LogP contribution in [0.15, 0.2) is 6.33 Å². The predicted molar refractivity (Wildman–Crippen MR) is 63.7 cm³/mol. The molecular formula is C11H17N5O2. The maximum Gasteiger partial charge on any atom is 0.291 e. The SMILES string of the molecule is CC(=O)NCC1CCN(C(=O)c2ncn[nH]2)CC1. The molecule has 98 valence electrons. The Morgan fingerprint density at radius 1 is 1.50 bits per heavy atom. The number of nitrogens with zero attached hydrogens (tertiary/aromatic N) is 3. The van der Waals surface area contributed by atoms with E-state index in [0.717, 1.165) is 12.8 Å². The van der Waals surface area contributed by atoms with Crippen molar-refractivity contribution in [2.24, 2.45) is 5.92 Å². The fourth-order valence-corrected chi connectivity index (χ4v) is 2.09. The number of H-pyrrole nitrogens is 1. The van der Waals surface area contributed by atoms with Crippen LogP contribution in [0.25, 0.3) is 0 Å². The van der Waals surface area contributed by atoms with Gasteiger partial charge in [0.15, 0.2) is 0 Å². The van der Waals surface area contributed by atoms with E-state index in [2.05, 4.69) is 20.5 Å². The van der Waals surface area contributed by atoms with Crippen molar-refractivity contribution >= 4 is 11.8 Å². The minimum atomic E-state index is -0.106. The van der Waals surface area contributed by atoms with Crippen molar-refractivity contribution in [3.8, 4) is 0 Å². The topological polar surface area (TPSA) is 91.0 Å². The van der Waals surface area contributed by atoms with E-state index >= 15 is 0 Å². The van der Waals surface area contributed by atoms with Crippen molar-refractivity contribution in [3.63, 3.8) is 0 Å². The molecular weight excluding hydrogens is 234 g/mol. The standard InChI is InChI=1S/C11H17N5O2/c1-8(17)12-6-9-2-4-16(5-3-9)11(18)10-13-7-14-15-10/h7,9H,2-6H2,1H3,(H,12,17)(H,13,14,15). The summed E-state index contributed by atoms with van der Waals surface area (Å²) < 4.78 is 0. The minimum Gasteiger partial charge on any atom is -0.356 e. The van der Waals surface area contributed by atoms with Crippen molar-refractivity contribution in [1.29, 1.82) is 0 Å². The molecule has 0 saturated carbocycles. The lowest BCUT2D eigenvalue weighted by Crippen LogP contribution is -2.41. The molecule has 0 aromatic carbocycles. The largest absolute Gasteiger partial charge is 0.356 e. The summed E-state index contributed by atoms with van der Waals surface area (Å²) in [7, 11) is 0. The average Bonchev–Trinajstić information content (AvgIpc) is 2.90. The highest BCUT2D eigenvalue weighted by Gasteiger charge is 2.24. The first-order valence-electron chi connectivity index (χ1n) is 6.06. The Hall–Kier alpha value is -1.92. The van der Waals surface area contributed by atoms with Crippen LogP contribution >= 0.6 is 0 Å². The summed E-state index contributed by atoms with van der Waals surface area (Å²) in [6, 6.07) is 0. The summed E-state index contributed by atoms with van der Waals surface area (Å²) in [4.78, 5) is 28.4. The first-order chi connectivity index (χ1) is 8.66. The van der Waals surface area contributed by atoms with Crippen molar-refractivity contribution in [3.05, 3.63) is 12.2 Å². The van der Waals surface area contributed by atoms with Crippen LogP contribution in [0.5, 0.6) is 0 Å². The highest BCUT2D eigenvalue weighted by Crippen LogP contribution is 2.17. The molecule has 1 aromatic heterocycles. The number of likely N-dealkylation sites (tertiary alicyclic amines) is 1. The first kappa shape index (κ1) is 12.5. The van der Waals surface area contributed by atoms with Gasteiger partial charge in [0, 0.05) is 26.6 Å². The van der Waals surface area contributed by atoms with Crippen LogP contribution in [0.3, 0.4) is 0 Å². The van der Waals surface area contributed by atoms with Gasteiger partial charge in [-0.15, -0.1) is 0 Å². The number of piperidine rings is 1. The predicted octanol–water partition coefficient (Wildman–Crippen LogP) is -0.207. The third-order valence-electron chi connectivity index (χ3n) is 3.16. The van der Waals surface area contributed by atoms with Gasteiger partial charge in [0.1, 0.15) is 6.33 Å². The van der Waals surface area contributed by atoms with Gasteiger partial charge in [-0.1, -0.05) is 0 Å². The van der Waals surface area contributed by atoms with Crippen molar-refractivity contribution < 1.29 is 9.59 Å². The fraction of sp³-hybridized carbons (Fsp3) is 0.636. The molecule has 1 aliphatic rings. The number of aromatic nitrogens is 3. The van der Waals surface area contributed by atoms with E-state index in [0.29, 0.717) is 25.6 Å². The Kier molecular flexibility index (Phi) is 3.91. The Labute approximate surface area is 105 Å². The molecule has 0 spiro atoms. The normalized spacial score (nSPS) is 16.6. The maximum atomic E-state index is 12.0. The van der Waals surface area contributed by atoms with Gasteiger partial charge in [0.05, 0.1) is 0 Å². The Balaban J connectivity index is 1.80. The number of carbonyl (C=O) groups is 2. The van der Waals surface area contributed by atoms with Gasteiger partial charge >= 0.3 is 0 Å². The van der Waals surface area contributed by atoms with E-state index in [1.165, 1.54) is 13.3 Å². The van der Waals surface area contributed by atoms with Gasteiger partial charge in [0.2, 0.25) is 11.7 Å². The molecule has 1 aliphatic heterocycles. The van der Waals surface area contributed by atoms with E-state index in [1.54, 1.807) is 4.90 Å². The number of carbonyl (C=O) groups excluding carboxylic acids is 2. The van der Waals surface area contributed by atoms with Crippen LogP contribution in [0, 0.1) is 5.92 Å². The molecule has 1 fully saturated rings. The summed E-state index contributed by atoms with van der Waals surface area (Å²) in [5.74, 6) is 0.628. The van der Waals surface area contributed by atoms with Gasteiger partial charge in [-0.2, -0.15) is 5.10 Å². The third-order valence-corrected chi connectivity index (χ3v) is 3.16. The molecule has 2 rings (SSSR count). The molecule has 0 aliphatic carbocycles.